The third-order valence-corrected chi connectivity index (χ3v) is 7.33. The van der Waals surface area contributed by atoms with Gasteiger partial charge < -0.3 is 14.5 Å². The Kier molecular flexibility index (Phi) is 8.36. The fraction of sp³-hybridized carbons (Fsp3) is 0.357. The first-order valence-electron chi connectivity index (χ1n) is 12.1. The zero-order chi connectivity index (χ0) is 25.7. The number of benzene rings is 2. The summed E-state index contributed by atoms with van der Waals surface area (Å²) in [7, 11) is 0. The highest BCUT2D eigenvalue weighted by Gasteiger charge is 2.34. The van der Waals surface area contributed by atoms with Crippen LogP contribution in [-0.4, -0.2) is 47.9 Å². The van der Waals surface area contributed by atoms with Gasteiger partial charge in [-0.1, -0.05) is 26.0 Å². The summed E-state index contributed by atoms with van der Waals surface area (Å²) in [5, 5.41) is 2.00. The van der Waals surface area contributed by atoms with Crippen LogP contribution in [0.15, 0.2) is 60.0 Å². The lowest BCUT2D eigenvalue weighted by Gasteiger charge is -2.37. The van der Waals surface area contributed by atoms with Crippen molar-refractivity contribution < 1.29 is 23.1 Å². The van der Waals surface area contributed by atoms with Gasteiger partial charge in [-0.25, -0.2) is 8.78 Å². The predicted octanol–water partition coefficient (Wildman–Crippen LogP) is 5.72. The lowest BCUT2D eigenvalue weighted by molar-refractivity contribution is -0.135. The molecule has 36 heavy (non-hydrogen) atoms. The molecule has 1 aromatic heterocycles. The van der Waals surface area contributed by atoms with E-state index in [2.05, 4.69) is 0 Å². The molecule has 2 aromatic carbocycles. The van der Waals surface area contributed by atoms with Crippen molar-refractivity contribution in [1.82, 2.24) is 9.80 Å². The number of amides is 2. The Morgan fingerprint density at radius 3 is 2.58 bits per heavy atom. The summed E-state index contributed by atoms with van der Waals surface area (Å²) in [6, 6.07) is 13.3. The lowest BCUT2D eigenvalue weighted by atomic mass is 10.00. The molecule has 0 spiro atoms. The van der Waals surface area contributed by atoms with Crippen LogP contribution < -0.4 is 4.74 Å². The Labute approximate surface area is 214 Å². The number of rotatable bonds is 9. The highest BCUT2D eigenvalue weighted by Crippen LogP contribution is 2.34. The molecule has 0 saturated carbocycles. The zero-order valence-corrected chi connectivity index (χ0v) is 21.3. The topological polar surface area (TPSA) is 49.9 Å². The summed E-state index contributed by atoms with van der Waals surface area (Å²) in [6.07, 6.45) is 1.41. The van der Waals surface area contributed by atoms with Gasteiger partial charge in [-0.3, -0.25) is 9.59 Å². The summed E-state index contributed by atoms with van der Waals surface area (Å²) in [4.78, 5) is 31.2. The van der Waals surface area contributed by atoms with Crippen molar-refractivity contribution >= 4 is 23.2 Å². The number of thiophene rings is 1. The van der Waals surface area contributed by atoms with Gasteiger partial charge in [-0.15, -0.1) is 11.3 Å². The van der Waals surface area contributed by atoms with Crippen LogP contribution in [0.2, 0.25) is 0 Å². The monoisotopic (exact) mass is 512 g/mol. The van der Waals surface area contributed by atoms with Gasteiger partial charge in [0.05, 0.1) is 11.6 Å². The second-order valence-electron chi connectivity index (χ2n) is 9.31. The van der Waals surface area contributed by atoms with Gasteiger partial charge in [0.2, 0.25) is 5.91 Å². The minimum absolute atomic E-state index is 0.0379. The highest BCUT2D eigenvalue weighted by molar-refractivity contribution is 7.10. The molecule has 0 saturated heterocycles. The Morgan fingerprint density at radius 1 is 1.11 bits per heavy atom. The zero-order valence-electron chi connectivity index (χ0n) is 20.5. The molecule has 0 aliphatic carbocycles. The molecule has 8 heteroatoms. The molecule has 5 nitrogen and oxygen atoms in total. The second kappa shape index (κ2) is 11.6. The van der Waals surface area contributed by atoms with Crippen molar-refractivity contribution in [1.29, 1.82) is 0 Å². The van der Waals surface area contributed by atoms with E-state index in [1.807, 2.05) is 25.3 Å². The maximum atomic E-state index is 14.4. The second-order valence-corrected chi connectivity index (χ2v) is 10.3. The Balaban J connectivity index is 1.54. The van der Waals surface area contributed by atoms with Crippen LogP contribution in [0.1, 0.15) is 47.1 Å². The fourth-order valence-electron chi connectivity index (χ4n) is 4.31. The minimum atomic E-state index is -0.601. The van der Waals surface area contributed by atoms with Gasteiger partial charge in [-0.05, 0) is 72.2 Å². The van der Waals surface area contributed by atoms with Gasteiger partial charge >= 0.3 is 0 Å². The van der Waals surface area contributed by atoms with E-state index < -0.39 is 11.7 Å². The number of hydrogen-bond acceptors (Lipinski definition) is 4. The largest absolute Gasteiger partial charge is 0.491 e. The molecule has 0 bridgehead atoms. The molecule has 0 N–H and O–H groups in total. The first-order valence-corrected chi connectivity index (χ1v) is 13.0. The number of hydrogen-bond donors (Lipinski definition) is 0. The van der Waals surface area contributed by atoms with Crippen LogP contribution in [0.3, 0.4) is 0 Å². The normalized spacial score (nSPS) is 15.0. The Morgan fingerprint density at radius 2 is 1.86 bits per heavy atom. The number of fused-ring (bicyclic) bond motifs is 1. The van der Waals surface area contributed by atoms with Crippen LogP contribution in [0.25, 0.3) is 0 Å². The molecular weight excluding hydrogens is 482 g/mol. The molecule has 3 aromatic rings. The van der Waals surface area contributed by atoms with Crippen molar-refractivity contribution in [2.45, 2.75) is 32.7 Å². The average molecular weight is 513 g/mol. The van der Waals surface area contributed by atoms with Gasteiger partial charge in [0.1, 0.15) is 30.5 Å². The Bertz CT molecular complexity index is 1200. The predicted molar refractivity (Wildman–Crippen MR) is 136 cm³/mol. The molecule has 1 atom stereocenters. The summed E-state index contributed by atoms with van der Waals surface area (Å²) in [5.41, 5.74) is 0.986. The maximum Gasteiger partial charge on any atom is 0.257 e. The van der Waals surface area contributed by atoms with E-state index >= 15 is 0 Å². The summed E-state index contributed by atoms with van der Waals surface area (Å²) >= 11 is 1.65. The number of ether oxygens (including phenoxy) is 1. The summed E-state index contributed by atoms with van der Waals surface area (Å²) in [6.45, 7) is 4.99. The molecule has 0 radical (unpaired) electrons. The van der Waals surface area contributed by atoms with Crippen LogP contribution in [-0.2, 0) is 11.2 Å². The van der Waals surface area contributed by atoms with Crippen molar-refractivity contribution in [3.05, 3.63) is 87.6 Å². The van der Waals surface area contributed by atoms with Crippen LogP contribution >= 0.6 is 11.3 Å². The molecule has 190 valence electrons. The van der Waals surface area contributed by atoms with Crippen LogP contribution in [0.4, 0.5) is 8.78 Å². The first kappa shape index (κ1) is 25.8. The average Bonchev–Trinajstić information content (AvgIpc) is 3.35. The van der Waals surface area contributed by atoms with E-state index in [-0.39, 0.29) is 36.5 Å². The molecule has 1 aliphatic rings. The summed E-state index contributed by atoms with van der Waals surface area (Å²) < 4.78 is 33.6. The molecule has 0 unspecified atom stereocenters. The van der Waals surface area contributed by atoms with E-state index in [9.17, 15) is 18.4 Å². The fourth-order valence-corrected chi connectivity index (χ4v) is 5.23. The number of halogens is 2. The maximum absolute atomic E-state index is 14.4. The number of nitrogens with zero attached hydrogens (tertiary/aromatic N) is 2. The minimum Gasteiger partial charge on any atom is -0.491 e. The third kappa shape index (κ3) is 6.10. The smallest absolute Gasteiger partial charge is 0.257 e. The molecule has 0 fully saturated rings. The van der Waals surface area contributed by atoms with Crippen molar-refractivity contribution in [3.63, 3.8) is 0 Å². The standard InChI is InChI=1S/C28H30F2N2O3S/c1-19(2)11-14-31(28(34)22-5-3-4-6-24(22)30)17-27(33)32-15-12-26-23(13-16-36-26)25(32)18-35-21-9-7-20(29)8-10-21/h3-10,13,16,19,25H,11-12,14-15,17-18H2,1-2H3/t25-/m0/s1. The van der Waals surface area contributed by atoms with Crippen molar-refractivity contribution in [2.24, 2.45) is 5.92 Å². The van der Waals surface area contributed by atoms with E-state index in [0.29, 0.717) is 31.2 Å². The van der Waals surface area contributed by atoms with E-state index in [0.717, 1.165) is 12.0 Å². The first-order chi connectivity index (χ1) is 17.3. The van der Waals surface area contributed by atoms with E-state index in [4.69, 9.17) is 4.74 Å². The molecule has 4 rings (SSSR count). The number of carbonyl (C=O) groups excluding carboxylic acids is 2. The van der Waals surface area contributed by atoms with E-state index in [1.165, 1.54) is 40.1 Å². The van der Waals surface area contributed by atoms with Gasteiger partial charge in [0.15, 0.2) is 0 Å². The van der Waals surface area contributed by atoms with Crippen LogP contribution in [0, 0.1) is 17.6 Å². The highest BCUT2D eigenvalue weighted by atomic mass is 32.1. The molecule has 1 aliphatic heterocycles. The summed E-state index contributed by atoms with van der Waals surface area (Å²) in [5.74, 6) is -0.827. The molecule has 2 amide bonds. The van der Waals surface area contributed by atoms with Gasteiger partial charge in [0.25, 0.3) is 5.91 Å². The van der Waals surface area contributed by atoms with Crippen LogP contribution in [0.5, 0.6) is 5.75 Å². The molecule has 2 heterocycles. The lowest BCUT2D eigenvalue weighted by Crippen LogP contribution is -2.48. The van der Waals surface area contributed by atoms with Crippen molar-refractivity contribution in [3.8, 4) is 5.75 Å². The van der Waals surface area contributed by atoms with Gasteiger partial charge in [0, 0.05) is 18.0 Å². The van der Waals surface area contributed by atoms with E-state index in [1.54, 1.807) is 34.4 Å². The molecular formula is C28H30F2N2O3S. The SMILES string of the molecule is CC(C)CCN(CC(=O)N1CCc2sccc2[C@@H]1COc1ccc(F)cc1)C(=O)c1ccccc1F. The Hall–Kier alpha value is -3.26. The van der Waals surface area contributed by atoms with Gasteiger partial charge in [-0.2, -0.15) is 0 Å². The quantitative estimate of drug-likeness (QED) is 0.369. The third-order valence-electron chi connectivity index (χ3n) is 6.33. The number of carbonyl (C=O) groups is 2. The van der Waals surface area contributed by atoms with Crippen molar-refractivity contribution in [2.75, 3.05) is 26.2 Å².